The summed E-state index contributed by atoms with van der Waals surface area (Å²) in [5.41, 5.74) is 3.63. The molecule has 2 aliphatic heterocycles. The minimum Gasteiger partial charge on any atom is -0.394 e. The summed E-state index contributed by atoms with van der Waals surface area (Å²) in [7, 11) is 0. The van der Waals surface area contributed by atoms with Crippen LogP contribution < -0.4 is 0 Å². The van der Waals surface area contributed by atoms with Gasteiger partial charge in [-0.05, 0) is 22.3 Å². The maximum absolute atomic E-state index is 11.5. The van der Waals surface area contributed by atoms with Crippen LogP contribution in [0.15, 0.2) is 134 Å². The molecule has 10 atom stereocenters. The summed E-state index contributed by atoms with van der Waals surface area (Å²) >= 11 is 0. The van der Waals surface area contributed by atoms with Crippen molar-refractivity contribution in [3.8, 4) is 0 Å². The molecule has 0 radical (unpaired) electrons. The van der Waals surface area contributed by atoms with Gasteiger partial charge >= 0.3 is 0 Å². The molecule has 3 N–H and O–H groups in total. The summed E-state index contributed by atoms with van der Waals surface area (Å²) in [6.45, 7) is 4.18. The van der Waals surface area contributed by atoms with Crippen LogP contribution in [0.25, 0.3) is 0 Å². The fraction of sp³-hybridized carbons (Fsp3) is 0.395. The van der Waals surface area contributed by atoms with Gasteiger partial charge in [-0.15, -0.1) is 6.58 Å². The Kier molecular flexibility index (Phi) is 15.3. The van der Waals surface area contributed by atoms with Crippen molar-refractivity contribution in [2.75, 3.05) is 19.8 Å². The second-order valence-corrected chi connectivity index (χ2v) is 13.3. The third-order valence-electron chi connectivity index (χ3n) is 9.36. The Hall–Kier alpha value is -3.82. The van der Waals surface area contributed by atoms with Crippen LogP contribution in [0.5, 0.6) is 0 Å². The zero-order chi connectivity index (χ0) is 37.5. The first-order valence-corrected chi connectivity index (χ1v) is 18.3. The van der Waals surface area contributed by atoms with E-state index in [2.05, 4.69) is 6.58 Å². The van der Waals surface area contributed by atoms with Crippen molar-refractivity contribution < 1.29 is 53.2 Å². The molecule has 0 spiro atoms. The van der Waals surface area contributed by atoms with Gasteiger partial charge in [0.1, 0.15) is 48.8 Å². The van der Waals surface area contributed by atoms with Crippen LogP contribution in [-0.4, -0.2) is 96.6 Å². The Labute approximate surface area is 316 Å². The summed E-state index contributed by atoms with van der Waals surface area (Å²) in [6.07, 6.45) is -9.11. The number of hydrogen-bond donors (Lipinski definition) is 3. The van der Waals surface area contributed by atoms with Crippen molar-refractivity contribution in [2.24, 2.45) is 0 Å². The normalized spacial score (nSPS) is 28.4. The molecule has 0 saturated carbocycles. The second-order valence-electron chi connectivity index (χ2n) is 13.3. The number of ether oxygens (including phenoxy) is 8. The van der Waals surface area contributed by atoms with Gasteiger partial charge in [0, 0.05) is 0 Å². The molecule has 0 aliphatic carbocycles. The Balaban J connectivity index is 1.31. The molecular weight excluding hydrogens is 692 g/mol. The van der Waals surface area contributed by atoms with Gasteiger partial charge in [-0.25, -0.2) is 0 Å². The fourth-order valence-electron chi connectivity index (χ4n) is 6.58. The average Bonchev–Trinajstić information content (AvgIpc) is 3.21. The fourth-order valence-corrected chi connectivity index (χ4v) is 6.58. The van der Waals surface area contributed by atoms with E-state index in [0.29, 0.717) is 0 Å². The molecule has 2 heterocycles. The zero-order valence-corrected chi connectivity index (χ0v) is 30.2. The highest BCUT2D eigenvalue weighted by molar-refractivity contribution is 5.16. The van der Waals surface area contributed by atoms with E-state index >= 15 is 0 Å². The highest BCUT2D eigenvalue weighted by Gasteiger charge is 2.53. The van der Waals surface area contributed by atoms with Gasteiger partial charge in [0.05, 0.1) is 46.2 Å². The molecule has 288 valence electrons. The molecule has 0 aromatic heterocycles. The van der Waals surface area contributed by atoms with Gasteiger partial charge in [-0.2, -0.15) is 0 Å². The Morgan fingerprint density at radius 3 is 1.52 bits per heavy atom. The monoisotopic (exact) mass is 742 g/mol. The molecule has 0 unspecified atom stereocenters. The summed E-state index contributed by atoms with van der Waals surface area (Å²) in [5.74, 6) is 0. The van der Waals surface area contributed by atoms with E-state index < -0.39 is 68.0 Å². The van der Waals surface area contributed by atoms with Crippen molar-refractivity contribution in [3.05, 3.63) is 156 Å². The lowest BCUT2D eigenvalue weighted by Gasteiger charge is -2.48. The average molecular weight is 743 g/mol. The van der Waals surface area contributed by atoms with E-state index in [0.717, 1.165) is 22.3 Å². The smallest absolute Gasteiger partial charge is 0.187 e. The van der Waals surface area contributed by atoms with Crippen LogP contribution in [0.4, 0.5) is 0 Å². The van der Waals surface area contributed by atoms with Gasteiger partial charge < -0.3 is 53.2 Å². The van der Waals surface area contributed by atoms with Crippen LogP contribution in [0.1, 0.15) is 22.3 Å². The lowest BCUT2D eigenvalue weighted by molar-refractivity contribution is -0.369. The highest BCUT2D eigenvalue weighted by Crippen LogP contribution is 2.34. The molecule has 0 amide bonds. The molecule has 2 saturated heterocycles. The molecule has 6 rings (SSSR count). The molecule has 2 aliphatic rings. The van der Waals surface area contributed by atoms with E-state index in [-0.39, 0.29) is 39.6 Å². The predicted octanol–water partition coefficient (Wildman–Crippen LogP) is 4.71. The summed E-state index contributed by atoms with van der Waals surface area (Å²) in [5, 5.41) is 33.3. The van der Waals surface area contributed by atoms with Crippen molar-refractivity contribution in [2.45, 2.75) is 87.8 Å². The van der Waals surface area contributed by atoms with E-state index in [9.17, 15) is 15.3 Å². The first kappa shape index (κ1) is 39.9. The number of aliphatic hydroxyl groups is 3. The van der Waals surface area contributed by atoms with E-state index in [4.69, 9.17) is 37.9 Å². The van der Waals surface area contributed by atoms with E-state index in [1.54, 1.807) is 6.08 Å². The Bertz CT molecular complexity index is 1630. The maximum atomic E-state index is 11.5. The first-order chi connectivity index (χ1) is 26.5. The minimum absolute atomic E-state index is 0.0120. The van der Waals surface area contributed by atoms with Crippen molar-refractivity contribution in [3.63, 3.8) is 0 Å². The van der Waals surface area contributed by atoms with Crippen LogP contribution in [-0.2, 0) is 64.3 Å². The van der Waals surface area contributed by atoms with Crippen molar-refractivity contribution >= 4 is 0 Å². The maximum Gasteiger partial charge on any atom is 0.187 e. The quantitative estimate of drug-likeness (QED) is 0.115. The van der Waals surface area contributed by atoms with Crippen LogP contribution in [0, 0.1) is 0 Å². The number of rotatable bonds is 19. The standard InChI is InChI=1S/C43H50O11/c1-2-23-48-41-38(49-26-31-17-9-4-10-18-31)36(45)34(24-44)53-43(41)54-37-35(29-47-25-30-15-7-3-8-16-30)52-42(46)40(51-28-33-21-13-6-14-22-33)39(37)50-27-32-19-11-5-12-20-32/h2-22,34-46H,1,23-29H2/t34-,35-,36+,37-,38+,39+,40-,41-,42-,43+/m1/s1. The minimum atomic E-state index is -1.41. The Morgan fingerprint density at radius 2 is 1.02 bits per heavy atom. The van der Waals surface area contributed by atoms with Crippen LogP contribution in [0.2, 0.25) is 0 Å². The van der Waals surface area contributed by atoms with Crippen molar-refractivity contribution in [1.82, 2.24) is 0 Å². The van der Waals surface area contributed by atoms with Crippen molar-refractivity contribution in [1.29, 1.82) is 0 Å². The number of aliphatic hydroxyl groups excluding tert-OH is 3. The van der Waals surface area contributed by atoms with Gasteiger partial charge in [0.2, 0.25) is 0 Å². The number of hydrogen-bond acceptors (Lipinski definition) is 11. The van der Waals surface area contributed by atoms with E-state index in [1.165, 1.54) is 0 Å². The highest BCUT2D eigenvalue weighted by atomic mass is 16.7. The molecular formula is C43H50O11. The molecule has 2 fully saturated rings. The van der Waals surface area contributed by atoms with E-state index in [1.807, 2.05) is 121 Å². The van der Waals surface area contributed by atoms with Gasteiger partial charge in [-0.1, -0.05) is 127 Å². The second kappa shape index (κ2) is 20.7. The number of benzene rings is 4. The summed E-state index contributed by atoms with van der Waals surface area (Å²) < 4.78 is 51.0. The van der Waals surface area contributed by atoms with Gasteiger partial charge in [0.15, 0.2) is 12.6 Å². The van der Waals surface area contributed by atoms with Gasteiger partial charge in [0.25, 0.3) is 0 Å². The Morgan fingerprint density at radius 1 is 0.537 bits per heavy atom. The summed E-state index contributed by atoms with van der Waals surface area (Å²) in [4.78, 5) is 0. The molecule has 0 bridgehead atoms. The summed E-state index contributed by atoms with van der Waals surface area (Å²) in [6, 6.07) is 38.5. The molecule has 4 aromatic carbocycles. The SMILES string of the molecule is C=CCO[C@H]1[C@H](O[C@H]2[C@H](OCc3ccccc3)[C@@H](OCc3ccccc3)[C@H](O)O[C@@H]2COCc2ccccc2)O[C@H](CO)[C@H](O)[C@@H]1OCc1ccccc1. The first-order valence-electron chi connectivity index (χ1n) is 18.3. The van der Waals surface area contributed by atoms with Crippen LogP contribution in [0.3, 0.4) is 0 Å². The van der Waals surface area contributed by atoms with Crippen LogP contribution >= 0.6 is 0 Å². The lowest BCUT2D eigenvalue weighted by atomic mass is 9.96. The molecule has 54 heavy (non-hydrogen) atoms. The molecule has 4 aromatic rings. The lowest BCUT2D eigenvalue weighted by Crippen LogP contribution is -2.66. The third-order valence-corrected chi connectivity index (χ3v) is 9.36. The topological polar surface area (TPSA) is 135 Å². The van der Waals surface area contributed by atoms with Gasteiger partial charge in [-0.3, -0.25) is 0 Å². The molecule has 11 nitrogen and oxygen atoms in total. The molecule has 11 heteroatoms. The predicted molar refractivity (Wildman–Crippen MR) is 199 cm³/mol. The largest absolute Gasteiger partial charge is 0.394 e. The third kappa shape index (κ3) is 10.9. The zero-order valence-electron chi connectivity index (χ0n) is 30.2.